The van der Waals surface area contributed by atoms with Crippen molar-refractivity contribution in [2.24, 2.45) is 5.92 Å². The number of hydrogen-bond donors (Lipinski definition) is 1. The fraction of sp³-hybridized carbons (Fsp3) is 0.250. The molecule has 0 fully saturated rings. The predicted octanol–water partition coefficient (Wildman–Crippen LogP) is 7.96. The predicted molar refractivity (Wildman–Crippen MR) is 146 cm³/mol. The van der Waals surface area contributed by atoms with Gasteiger partial charge in [-0.2, -0.15) is 0 Å². The molecule has 1 N–H and O–H groups in total. The first-order valence-corrected chi connectivity index (χ1v) is 13.0. The minimum Gasteiger partial charge on any atom is -0.493 e. The van der Waals surface area contributed by atoms with Gasteiger partial charge in [0, 0.05) is 10.9 Å². The fourth-order valence-electron chi connectivity index (χ4n) is 5.09. The average molecular weight is 589 g/mol. The summed E-state index contributed by atoms with van der Waals surface area (Å²) in [6.07, 6.45) is 5.19. The summed E-state index contributed by atoms with van der Waals surface area (Å²) in [7, 11) is 3.02. The molecule has 36 heavy (non-hydrogen) atoms. The topological polar surface area (TPSA) is 56.8 Å². The van der Waals surface area contributed by atoms with Gasteiger partial charge in [-0.1, -0.05) is 47.5 Å². The molecular weight excluding hydrogens is 565 g/mol. The number of nitrogens with one attached hydrogen (secondary N) is 1. The molecular formula is C28H24BrCl2NO4. The van der Waals surface area contributed by atoms with Crippen LogP contribution in [0.25, 0.3) is 0 Å². The first-order valence-electron chi connectivity index (χ1n) is 11.5. The minimum atomic E-state index is -0.367. The van der Waals surface area contributed by atoms with Crippen LogP contribution in [0.3, 0.4) is 0 Å². The lowest BCUT2D eigenvalue weighted by molar-refractivity contribution is 0.0598. The molecule has 1 aliphatic heterocycles. The van der Waals surface area contributed by atoms with Gasteiger partial charge in [0.2, 0.25) is 0 Å². The Morgan fingerprint density at radius 3 is 2.61 bits per heavy atom. The van der Waals surface area contributed by atoms with E-state index in [9.17, 15) is 4.79 Å². The minimum absolute atomic E-state index is 0.0321. The Labute approximate surface area is 228 Å². The second kappa shape index (κ2) is 10.4. The van der Waals surface area contributed by atoms with Crippen LogP contribution in [0.4, 0.5) is 5.69 Å². The van der Waals surface area contributed by atoms with E-state index in [1.807, 2.05) is 30.3 Å². The maximum absolute atomic E-state index is 12.5. The number of ether oxygens (including phenoxy) is 3. The van der Waals surface area contributed by atoms with Gasteiger partial charge in [0.25, 0.3) is 0 Å². The van der Waals surface area contributed by atoms with Gasteiger partial charge in [0.1, 0.15) is 6.61 Å². The molecule has 0 amide bonds. The van der Waals surface area contributed by atoms with E-state index in [1.54, 1.807) is 19.2 Å². The normalized spacial score (nSPS) is 19.8. The number of halogens is 3. The maximum Gasteiger partial charge on any atom is 0.338 e. The molecule has 3 aromatic carbocycles. The van der Waals surface area contributed by atoms with Crippen LogP contribution in [0, 0.1) is 5.92 Å². The van der Waals surface area contributed by atoms with Crippen molar-refractivity contribution >= 4 is 50.8 Å². The number of carbonyl (C=O) groups is 1. The first kappa shape index (κ1) is 25.0. The highest BCUT2D eigenvalue weighted by molar-refractivity contribution is 9.10. The Morgan fingerprint density at radius 1 is 1.11 bits per heavy atom. The van der Waals surface area contributed by atoms with E-state index in [1.165, 1.54) is 7.11 Å². The third-order valence-corrected chi connectivity index (χ3v) is 7.94. The van der Waals surface area contributed by atoms with Crippen molar-refractivity contribution in [3.05, 3.63) is 97.5 Å². The molecule has 0 unspecified atom stereocenters. The van der Waals surface area contributed by atoms with Crippen LogP contribution in [0.5, 0.6) is 11.5 Å². The molecule has 0 bridgehead atoms. The van der Waals surface area contributed by atoms with Crippen LogP contribution in [0.1, 0.15) is 45.4 Å². The van der Waals surface area contributed by atoms with Crippen molar-refractivity contribution < 1.29 is 19.0 Å². The zero-order valence-corrected chi connectivity index (χ0v) is 22.8. The van der Waals surface area contributed by atoms with Gasteiger partial charge < -0.3 is 19.5 Å². The zero-order chi connectivity index (χ0) is 25.4. The lowest BCUT2D eigenvalue weighted by atomic mass is 9.75. The second-order valence-corrected chi connectivity index (χ2v) is 10.5. The Kier molecular flexibility index (Phi) is 7.20. The molecule has 1 aliphatic carbocycles. The van der Waals surface area contributed by atoms with Crippen LogP contribution >= 0.6 is 39.1 Å². The molecule has 2 aliphatic rings. The van der Waals surface area contributed by atoms with Crippen molar-refractivity contribution in [3.63, 3.8) is 0 Å². The monoisotopic (exact) mass is 587 g/mol. The lowest BCUT2D eigenvalue weighted by Crippen LogP contribution is -2.31. The van der Waals surface area contributed by atoms with Gasteiger partial charge in [-0.25, -0.2) is 4.79 Å². The number of anilines is 1. The van der Waals surface area contributed by atoms with E-state index in [2.05, 4.69) is 39.5 Å². The average Bonchev–Trinajstić information content (AvgIpc) is 3.38. The molecule has 8 heteroatoms. The van der Waals surface area contributed by atoms with Crippen LogP contribution in [0.2, 0.25) is 10.0 Å². The summed E-state index contributed by atoms with van der Waals surface area (Å²) in [6, 6.07) is 15.0. The summed E-state index contributed by atoms with van der Waals surface area (Å²) in [5.41, 5.74) is 4.21. The van der Waals surface area contributed by atoms with E-state index in [4.69, 9.17) is 37.4 Å². The number of rotatable bonds is 6. The van der Waals surface area contributed by atoms with E-state index < -0.39 is 0 Å². The standard InChI is InChI=1S/C28H24BrCl2NO4/c1-34-23-13-16(12-21(29)27(23)36-14-15-6-8-17(30)9-7-15)25-19-5-3-4-18(19)24-20(28(33)35-2)10-11-22(31)26(24)32-25/h3-4,6-13,18-19,25,32H,5,14H2,1-2H3/t18-,19+,25-/m1/s1. The van der Waals surface area contributed by atoms with Gasteiger partial charge in [-0.15, -0.1) is 0 Å². The SMILES string of the molecule is COC(=O)c1ccc(Cl)c2c1[C@@H]1C=CC[C@@H]1[C@@H](c1cc(Br)c(OCc3ccc(Cl)cc3)c(OC)c1)N2. The number of fused-ring (bicyclic) bond motifs is 3. The van der Waals surface area contributed by atoms with Crippen LogP contribution in [-0.4, -0.2) is 20.2 Å². The van der Waals surface area contributed by atoms with Crippen molar-refractivity contribution in [2.75, 3.05) is 19.5 Å². The fourth-order valence-corrected chi connectivity index (χ4v) is 6.01. The second-order valence-electron chi connectivity index (χ2n) is 8.80. The highest BCUT2D eigenvalue weighted by Crippen LogP contribution is 2.54. The molecule has 5 nitrogen and oxygen atoms in total. The van der Waals surface area contributed by atoms with Crippen LogP contribution in [-0.2, 0) is 11.3 Å². The molecule has 0 aromatic heterocycles. The number of methoxy groups -OCH3 is 2. The van der Waals surface area contributed by atoms with Crippen LogP contribution < -0.4 is 14.8 Å². The maximum atomic E-state index is 12.5. The third kappa shape index (κ3) is 4.58. The molecule has 3 aromatic rings. The van der Waals surface area contributed by atoms with E-state index in [-0.39, 0.29) is 23.8 Å². The van der Waals surface area contributed by atoms with Crippen molar-refractivity contribution in [3.8, 4) is 11.5 Å². The lowest BCUT2D eigenvalue weighted by Gasteiger charge is -2.39. The first-order chi connectivity index (χ1) is 17.4. The van der Waals surface area contributed by atoms with E-state index in [0.717, 1.165) is 33.3 Å². The molecule has 3 atom stereocenters. The smallest absolute Gasteiger partial charge is 0.338 e. The number of allylic oxidation sites excluding steroid dienone is 2. The Bertz CT molecular complexity index is 1340. The van der Waals surface area contributed by atoms with Gasteiger partial charge in [0.15, 0.2) is 11.5 Å². The molecule has 5 rings (SSSR count). The summed E-state index contributed by atoms with van der Waals surface area (Å²) >= 11 is 16.3. The Morgan fingerprint density at radius 2 is 1.89 bits per heavy atom. The number of carbonyl (C=O) groups excluding carboxylic acids is 1. The molecule has 1 heterocycles. The number of benzene rings is 3. The van der Waals surface area contributed by atoms with Crippen molar-refractivity contribution in [1.82, 2.24) is 0 Å². The van der Waals surface area contributed by atoms with E-state index in [0.29, 0.717) is 33.7 Å². The number of esters is 1. The van der Waals surface area contributed by atoms with Crippen LogP contribution in [0.15, 0.2) is 65.2 Å². The summed E-state index contributed by atoms with van der Waals surface area (Å²) in [4.78, 5) is 12.5. The number of hydrogen-bond acceptors (Lipinski definition) is 5. The van der Waals surface area contributed by atoms with Crippen molar-refractivity contribution in [1.29, 1.82) is 0 Å². The summed E-state index contributed by atoms with van der Waals surface area (Å²) in [6.45, 7) is 0.376. The van der Waals surface area contributed by atoms with Crippen molar-refractivity contribution in [2.45, 2.75) is 25.0 Å². The summed E-state index contributed by atoms with van der Waals surface area (Å²) < 4.78 is 17.7. The Hall–Kier alpha value is -2.67. The molecule has 0 radical (unpaired) electrons. The molecule has 186 valence electrons. The van der Waals surface area contributed by atoms with Gasteiger partial charge in [0.05, 0.1) is 41.0 Å². The third-order valence-electron chi connectivity index (χ3n) is 6.78. The molecule has 0 spiro atoms. The summed E-state index contributed by atoms with van der Waals surface area (Å²) in [5.74, 6) is 1.10. The molecule has 0 saturated carbocycles. The molecule has 0 saturated heterocycles. The largest absolute Gasteiger partial charge is 0.493 e. The Balaban J connectivity index is 1.49. The highest BCUT2D eigenvalue weighted by Gasteiger charge is 2.41. The quantitative estimate of drug-likeness (QED) is 0.234. The van der Waals surface area contributed by atoms with E-state index >= 15 is 0 Å². The highest BCUT2D eigenvalue weighted by atomic mass is 79.9. The van der Waals surface area contributed by atoms with Gasteiger partial charge in [-0.3, -0.25) is 0 Å². The van der Waals surface area contributed by atoms with Gasteiger partial charge in [-0.05, 0) is 81.4 Å². The summed E-state index contributed by atoms with van der Waals surface area (Å²) in [5, 5.41) is 4.87. The zero-order valence-electron chi connectivity index (χ0n) is 19.7. The van der Waals surface area contributed by atoms with Gasteiger partial charge >= 0.3 is 5.97 Å².